The van der Waals surface area contributed by atoms with Crippen molar-refractivity contribution in [2.45, 2.75) is 6.10 Å². The standard InChI is InChI=1S/C15H12FNO2/c16-11-4-1-3-10-14-12(17-15(10)11)5-2-6-13(14)19-8-9-7-18-9/h1-6,9,17H,7-8H2. The van der Waals surface area contributed by atoms with Gasteiger partial charge >= 0.3 is 0 Å². The third-order valence-corrected chi connectivity index (χ3v) is 3.40. The van der Waals surface area contributed by atoms with Crippen LogP contribution in [0.3, 0.4) is 0 Å². The molecule has 2 heterocycles. The molecule has 1 saturated heterocycles. The number of epoxide rings is 1. The molecule has 1 atom stereocenters. The molecule has 0 aliphatic carbocycles. The van der Waals surface area contributed by atoms with Crippen LogP contribution in [0.15, 0.2) is 36.4 Å². The Balaban J connectivity index is 1.91. The Kier molecular flexibility index (Phi) is 2.26. The molecule has 19 heavy (non-hydrogen) atoms. The van der Waals surface area contributed by atoms with Gasteiger partial charge in [-0.15, -0.1) is 0 Å². The molecule has 4 rings (SSSR count). The van der Waals surface area contributed by atoms with Crippen molar-refractivity contribution >= 4 is 21.8 Å². The average molecular weight is 257 g/mol. The van der Waals surface area contributed by atoms with Crippen LogP contribution in [-0.4, -0.2) is 24.3 Å². The summed E-state index contributed by atoms with van der Waals surface area (Å²) in [6, 6.07) is 10.8. The average Bonchev–Trinajstić information content (AvgIpc) is 3.16. The minimum absolute atomic E-state index is 0.206. The van der Waals surface area contributed by atoms with Crippen LogP contribution in [0.2, 0.25) is 0 Å². The molecule has 0 spiro atoms. The normalized spacial score (nSPS) is 18.1. The van der Waals surface area contributed by atoms with Crippen LogP contribution in [0.4, 0.5) is 4.39 Å². The highest BCUT2D eigenvalue weighted by Crippen LogP contribution is 2.34. The van der Waals surface area contributed by atoms with E-state index < -0.39 is 0 Å². The van der Waals surface area contributed by atoms with Gasteiger partial charge in [0.15, 0.2) is 0 Å². The lowest BCUT2D eigenvalue weighted by Crippen LogP contribution is -2.04. The number of halogens is 1. The summed E-state index contributed by atoms with van der Waals surface area (Å²) in [5.41, 5.74) is 1.41. The van der Waals surface area contributed by atoms with Crippen LogP contribution >= 0.6 is 0 Å². The minimum atomic E-state index is -0.245. The van der Waals surface area contributed by atoms with Gasteiger partial charge < -0.3 is 14.5 Å². The molecule has 0 amide bonds. The van der Waals surface area contributed by atoms with Gasteiger partial charge in [-0.25, -0.2) is 4.39 Å². The zero-order valence-electron chi connectivity index (χ0n) is 10.2. The van der Waals surface area contributed by atoms with E-state index in [2.05, 4.69) is 4.98 Å². The molecule has 2 aromatic carbocycles. The van der Waals surface area contributed by atoms with Crippen LogP contribution in [0.25, 0.3) is 21.8 Å². The SMILES string of the molecule is Fc1cccc2c1[nH]c1cccc(OCC3CO3)c12. The van der Waals surface area contributed by atoms with Crippen molar-refractivity contribution in [2.75, 3.05) is 13.2 Å². The summed E-state index contributed by atoms with van der Waals surface area (Å²) in [7, 11) is 0. The molecule has 1 aliphatic heterocycles. The van der Waals surface area contributed by atoms with Gasteiger partial charge in [0.25, 0.3) is 0 Å². The molecule has 3 aromatic rings. The maximum absolute atomic E-state index is 13.8. The fourth-order valence-corrected chi connectivity index (χ4v) is 2.37. The topological polar surface area (TPSA) is 37.5 Å². The first kappa shape index (κ1) is 10.8. The Morgan fingerprint density at radius 2 is 2.11 bits per heavy atom. The van der Waals surface area contributed by atoms with Crippen molar-refractivity contribution in [3.8, 4) is 5.75 Å². The number of H-pyrrole nitrogens is 1. The highest BCUT2D eigenvalue weighted by molar-refractivity contribution is 6.10. The summed E-state index contributed by atoms with van der Waals surface area (Å²) in [6.45, 7) is 1.31. The number of hydrogen-bond acceptors (Lipinski definition) is 2. The van der Waals surface area contributed by atoms with E-state index in [1.54, 1.807) is 6.07 Å². The van der Waals surface area contributed by atoms with Crippen LogP contribution in [0.5, 0.6) is 5.75 Å². The smallest absolute Gasteiger partial charge is 0.147 e. The van der Waals surface area contributed by atoms with E-state index in [4.69, 9.17) is 9.47 Å². The second kappa shape index (κ2) is 3.96. The second-order valence-electron chi connectivity index (χ2n) is 4.73. The number of benzene rings is 2. The number of nitrogens with one attached hydrogen (secondary N) is 1. The summed E-state index contributed by atoms with van der Waals surface area (Å²) in [4.78, 5) is 3.10. The summed E-state index contributed by atoms with van der Waals surface area (Å²) in [5, 5.41) is 1.78. The summed E-state index contributed by atoms with van der Waals surface area (Å²) in [6.07, 6.45) is 0.206. The Bertz CT molecular complexity index is 761. The molecule has 96 valence electrons. The lowest BCUT2D eigenvalue weighted by molar-refractivity contribution is 0.265. The third kappa shape index (κ3) is 1.76. The number of rotatable bonds is 3. The lowest BCUT2D eigenvalue weighted by atomic mass is 10.1. The molecule has 1 fully saturated rings. The molecule has 1 N–H and O–H groups in total. The molecule has 0 radical (unpaired) electrons. The zero-order valence-corrected chi connectivity index (χ0v) is 10.2. The highest BCUT2D eigenvalue weighted by Gasteiger charge is 2.23. The molecule has 0 saturated carbocycles. The van der Waals surface area contributed by atoms with Gasteiger partial charge in [0, 0.05) is 10.8 Å². The molecular formula is C15H12FNO2. The molecule has 0 bridgehead atoms. The number of hydrogen-bond donors (Lipinski definition) is 1. The predicted octanol–water partition coefficient (Wildman–Crippen LogP) is 3.24. The van der Waals surface area contributed by atoms with Crippen LogP contribution in [-0.2, 0) is 4.74 Å². The Morgan fingerprint density at radius 1 is 1.26 bits per heavy atom. The monoisotopic (exact) mass is 257 g/mol. The van der Waals surface area contributed by atoms with Crippen LogP contribution in [0, 0.1) is 5.82 Å². The van der Waals surface area contributed by atoms with Crippen molar-refractivity contribution < 1.29 is 13.9 Å². The number of ether oxygens (including phenoxy) is 2. The Morgan fingerprint density at radius 3 is 2.95 bits per heavy atom. The van der Waals surface area contributed by atoms with Gasteiger partial charge in [0.2, 0.25) is 0 Å². The first-order valence-corrected chi connectivity index (χ1v) is 6.26. The van der Waals surface area contributed by atoms with E-state index in [-0.39, 0.29) is 11.9 Å². The van der Waals surface area contributed by atoms with Crippen molar-refractivity contribution in [2.24, 2.45) is 0 Å². The van der Waals surface area contributed by atoms with Crippen LogP contribution in [0.1, 0.15) is 0 Å². The van der Waals surface area contributed by atoms with Crippen molar-refractivity contribution in [3.05, 3.63) is 42.2 Å². The Hall–Kier alpha value is -2.07. The molecular weight excluding hydrogens is 245 g/mol. The van der Waals surface area contributed by atoms with E-state index in [9.17, 15) is 4.39 Å². The fraction of sp³-hybridized carbons (Fsp3) is 0.200. The number of fused-ring (bicyclic) bond motifs is 3. The quantitative estimate of drug-likeness (QED) is 0.731. The highest BCUT2D eigenvalue weighted by atomic mass is 19.1. The Labute approximate surface area is 108 Å². The van der Waals surface area contributed by atoms with E-state index >= 15 is 0 Å². The van der Waals surface area contributed by atoms with Crippen molar-refractivity contribution in [3.63, 3.8) is 0 Å². The maximum atomic E-state index is 13.8. The second-order valence-corrected chi connectivity index (χ2v) is 4.73. The van der Waals surface area contributed by atoms with Gasteiger partial charge in [-0.05, 0) is 18.2 Å². The number of para-hydroxylation sites is 1. The van der Waals surface area contributed by atoms with Gasteiger partial charge in [0.1, 0.15) is 24.3 Å². The van der Waals surface area contributed by atoms with Gasteiger partial charge in [0.05, 0.1) is 17.6 Å². The van der Waals surface area contributed by atoms with E-state index in [0.29, 0.717) is 12.1 Å². The summed E-state index contributed by atoms with van der Waals surface area (Å²) in [5.74, 6) is 0.523. The molecule has 4 heteroatoms. The number of aromatic nitrogens is 1. The lowest BCUT2D eigenvalue weighted by Gasteiger charge is -2.05. The summed E-state index contributed by atoms with van der Waals surface area (Å²) >= 11 is 0. The van der Waals surface area contributed by atoms with Gasteiger partial charge in [-0.3, -0.25) is 0 Å². The minimum Gasteiger partial charge on any atom is -0.490 e. The first-order chi connectivity index (χ1) is 9.33. The molecule has 3 nitrogen and oxygen atoms in total. The van der Waals surface area contributed by atoms with Crippen molar-refractivity contribution in [1.82, 2.24) is 4.98 Å². The van der Waals surface area contributed by atoms with Crippen LogP contribution < -0.4 is 4.74 Å². The molecule has 1 aromatic heterocycles. The maximum Gasteiger partial charge on any atom is 0.147 e. The zero-order chi connectivity index (χ0) is 12.8. The molecule has 1 unspecified atom stereocenters. The van der Waals surface area contributed by atoms with E-state index in [0.717, 1.165) is 28.6 Å². The van der Waals surface area contributed by atoms with E-state index in [1.165, 1.54) is 6.07 Å². The number of aromatic amines is 1. The predicted molar refractivity (Wildman–Crippen MR) is 71.0 cm³/mol. The largest absolute Gasteiger partial charge is 0.490 e. The third-order valence-electron chi connectivity index (χ3n) is 3.40. The van der Waals surface area contributed by atoms with E-state index in [1.807, 2.05) is 24.3 Å². The van der Waals surface area contributed by atoms with Gasteiger partial charge in [-0.2, -0.15) is 0 Å². The summed E-state index contributed by atoms with van der Waals surface area (Å²) < 4.78 is 24.7. The van der Waals surface area contributed by atoms with Gasteiger partial charge in [-0.1, -0.05) is 18.2 Å². The first-order valence-electron chi connectivity index (χ1n) is 6.26. The van der Waals surface area contributed by atoms with Crippen molar-refractivity contribution in [1.29, 1.82) is 0 Å². The fourth-order valence-electron chi connectivity index (χ4n) is 2.37. The molecule has 1 aliphatic rings.